The van der Waals surface area contributed by atoms with E-state index in [4.69, 9.17) is 17.0 Å². The molecule has 2 rings (SSSR count). The van der Waals surface area contributed by atoms with Crippen molar-refractivity contribution >= 4 is 28.9 Å². The minimum Gasteiger partial charge on any atom is -0.475 e. The van der Waals surface area contributed by atoms with Crippen LogP contribution in [-0.2, 0) is 16.0 Å². The van der Waals surface area contributed by atoms with Crippen LogP contribution in [0.4, 0.5) is 11.4 Å². The van der Waals surface area contributed by atoms with Gasteiger partial charge in [0.1, 0.15) is 0 Å². The quantitative estimate of drug-likeness (QED) is 0.245. The van der Waals surface area contributed by atoms with Crippen LogP contribution in [-0.4, -0.2) is 29.6 Å². The number of ether oxygens (including phenoxy) is 1. The molecule has 1 amide bonds. The predicted octanol–water partition coefficient (Wildman–Crippen LogP) is 4.05. The Morgan fingerprint density at radius 3 is 2.36 bits per heavy atom. The van der Waals surface area contributed by atoms with E-state index in [0.717, 1.165) is 12.7 Å². The molecule has 0 radical (unpaired) electrons. The molecular weight excluding hydrogens is 388 g/mol. The Balaban J connectivity index is 2.36. The van der Waals surface area contributed by atoms with Crippen molar-refractivity contribution in [2.24, 2.45) is 0 Å². The summed E-state index contributed by atoms with van der Waals surface area (Å²) in [5, 5.41) is 30.2. The molecule has 0 aliphatic carbocycles. The van der Waals surface area contributed by atoms with E-state index in [9.17, 15) is 20.0 Å². The molecule has 0 atom stereocenters. The zero-order chi connectivity index (χ0) is 20.7. The van der Waals surface area contributed by atoms with Gasteiger partial charge < -0.3 is 14.7 Å². The lowest BCUT2D eigenvalue weighted by atomic mass is 10.1. The van der Waals surface area contributed by atoms with Crippen molar-refractivity contribution in [2.75, 3.05) is 18.6 Å². The molecule has 10 heteroatoms. The Hall–Kier alpha value is -3.64. The average molecular weight is 404 g/mol. The fourth-order valence-corrected chi connectivity index (χ4v) is 2.52. The van der Waals surface area contributed by atoms with E-state index >= 15 is 0 Å². The number of hydrogen-bond acceptors (Lipinski definition) is 6. The number of carbonyl (C=O) groups excluding carboxylic acids is 1. The van der Waals surface area contributed by atoms with Gasteiger partial charge in [0.25, 0.3) is 5.69 Å². The normalized spacial score (nSPS) is 11.2. The fraction of sp³-hybridized carbons (Fsp3) is 0.167. The van der Waals surface area contributed by atoms with Gasteiger partial charge in [-0.05, 0) is 36.2 Å². The number of halogens is 1. The number of amides is 1. The number of nitro groups is 1. The Kier molecular flexibility index (Phi) is 6.90. The maximum atomic E-state index is 12.8. The first-order valence-electron chi connectivity index (χ1n) is 8.00. The van der Waals surface area contributed by atoms with Crippen molar-refractivity contribution in [3.8, 4) is 0 Å². The smallest absolute Gasteiger partial charge is 0.475 e. The van der Waals surface area contributed by atoms with Crippen LogP contribution in [0.3, 0.4) is 0 Å². The number of rotatable bonds is 7. The molecule has 0 saturated carbocycles. The highest BCUT2D eigenvalue weighted by molar-refractivity contribution is 6.30. The number of nitro benzene ring substituents is 1. The average Bonchev–Trinajstić information content (AvgIpc) is 2.70. The van der Waals surface area contributed by atoms with Gasteiger partial charge in [-0.25, -0.2) is 0 Å². The van der Waals surface area contributed by atoms with Crippen molar-refractivity contribution < 1.29 is 19.6 Å². The lowest BCUT2D eigenvalue weighted by Gasteiger charge is -2.20. The third-order valence-electron chi connectivity index (χ3n) is 3.85. The number of diazo groups is 1. The first-order valence-corrected chi connectivity index (χ1v) is 8.38. The first kappa shape index (κ1) is 20.7. The van der Waals surface area contributed by atoms with Crippen LogP contribution < -0.4 is 4.90 Å². The summed E-state index contributed by atoms with van der Waals surface area (Å²) in [5.41, 5.74) is 0.356. The van der Waals surface area contributed by atoms with Crippen LogP contribution in [0.5, 0.6) is 0 Å². The van der Waals surface area contributed by atoms with Crippen molar-refractivity contribution in [1.82, 2.24) is 0 Å². The summed E-state index contributed by atoms with van der Waals surface area (Å²) in [4.78, 5) is 27.1. The largest absolute Gasteiger partial charge is 0.527 e. The molecule has 28 heavy (non-hydrogen) atoms. The summed E-state index contributed by atoms with van der Waals surface area (Å²) in [5.74, 6) is -1.70. The molecule has 1 N–H and O–H groups in total. The van der Waals surface area contributed by atoms with Gasteiger partial charge in [-0.3, -0.25) is 14.9 Å². The minimum absolute atomic E-state index is 0.133. The molecule has 0 saturated heterocycles. The van der Waals surface area contributed by atoms with Gasteiger partial charge in [0.05, 0.1) is 12.0 Å². The van der Waals surface area contributed by atoms with E-state index in [1.807, 2.05) is 0 Å². The maximum absolute atomic E-state index is 12.8. The van der Waals surface area contributed by atoms with Gasteiger partial charge in [-0.15, -0.1) is 0 Å². The Labute approximate surface area is 165 Å². The molecule has 0 heterocycles. The lowest BCUT2D eigenvalue weighted by molar-refractivity contribution is -0.384. The second-order valence-corrected chi connectivity index (χ2v) is 6.00. The number of benzene rings is 2. The molecule has 0 unspecified atom stereocenters. The third kappa shape index (κ3) is 4.96. The predicted molar refractivity (Wildman–Crippen MR) is 102 cm³/mol. The van der Waals surface area contributed by atoms with Crippen LogP contribution in [0.1, 0.15) is 5.56 Å². The summed E-state index contributed by atoms with van der Waals surface area (Å²) in [6.45, 7) is 0.133. The second kappa shape index (κ2) is 9.34. The highest BCUT2D eigenvalue weighted by atomic mass is 35.5. The number of aliphatic hydroxyl groups excluding tert-OH is 1. The van der Waals surface area contributed by atoms with Crippen molar-refractivity contribution in [1.29, 1.82) is 5.39 Å². The van der Waals surface area contributed by atoms with Gasteiger partial charge in [0, 0.05) is 29.4 Å². The van der Waals surface area contributed by atoms with E-state index < -0.39 is 22.5 Å². The Morgan fingerprint density at radius 2 is 1.86 bits per heavy atom. The number of nitrogens with zero attached hydrogens (tertiary/aromatic N) is 4. The molecular formula is C18H16ClN4O5+. The van der Waals surface area contributed by atoms with E-state index in [-0.39, 0.29) is 12.2 Å². The molecule has 2 aromatic carbocycles. The zero-order valence-electron chi connectivity index (χ0n) is 14.8. The molecule has 9 nitrogen and oxygen atoms in total. The van der Waals surface area contributed by atoms with Gasteiger partial charge in [-0.2, -0.15) is 0 Å². The molecule has 0 aromatic heterocycles. The van der Waals surface area contributed by atoms with Crippen molar-refractivity contribution in [2.45, 2.75) is 6.42 Å². The lowest BCUT2D eigenvalue weighted by Crippen LogP contribution is -2.34. The Morgan fingerprint density at radius 1 is 1.25 bits per heavy atom. The third-order valence-corrected chi connectivity index (χ3v) is 4.11. The number of carbonyl (C=O) groups is 1. The van der Waals surface area contributed by atoms with E-state index in [1.54, 1.807) is 24.3 Å². The van der Waals surface area contributed by atoms with Gasteiger partial charge in [-0.1, -0.05) is 23.7 Å². The topological polar surface area (TPSA) is 121 Å². The van der Waals surface area contributed by atoms with E-state index in [1.165, 1.54) is 29.2 Å². The van der Waals surface area contributed by atoms with Crippen molar-refractivity contribution in [3.05, 3.63) is 85.8 Å². The SMILES string of the molecule is CO/C(O)=C(\[N+]#N)C(=O)N(CCc1ccc(Cl)cc1)c1ccc([N+](=O)[O-])cc1. The molecule has 2 aromatic rings. The first-order chi connectivity index (χ1) is 13.4. The maximum Gasteiger partial charge on any atom is 0.527 e. The summed E-state index contributed by atoms with van der Waals surface area (Å²) in [6, 6.07) is 12.3. The number of aliphatic hydroxyl groups is 1. The molecule has 0 spiro atoms. The van der Waals surface area contributed by atoms with E-state index in [0.29, 0.717) is 17.1 Å². The van der Waals surface area contributed by atoms with Crippen molar-refractivity contribution in [3.63, 3.8) is 0 Å². The molecule has 144 valence electrons. The minimum atomic E-state index is -0.856. The highest BCUT2D eigenvalue weighted by Crippen LogP contribution is 2.23. The monoisotopic (exact) mass is 403 g/mol. The molecule has 0 bridgehead atoms. The second-order valence-electron chi connectivity index (χ2n) is 5.56. The number of hydrogen-bond donors (Lipinski definition) is 1. The number of anilines is 1. The van der Waals surface area contributed by atoms with Crippen LogP contribution in [0.25, 0.3) is 4.98 Å². The van der Waals surface area contributed by atoms with Gasteiger partial charge >= 0.3 is 17.5 Å². The Bertz CT molecular complexity index is 936. The summed E-state index contributed by atoms with van der Waals surface area (Å²) in [7, 11) is 1.11. The summed E-state index contributed by atoms with van der Waals surface area (Å²) < 4.78 is 4.57. The standard InChI is InChI=1S/C18H15ClN4O5/c1-28-18(25)16(21-20)17(24)22(11-10-12-2-4-13(19)5-3-12)14-6-8-15(9-7-14)23(26)27/h2-9H,10-11H2,1H3/p+1. The number of non-ortho nitro benzene ring substituents is 1. The zero-order valence-corrected chi connectivity index (χ0v) is 15.5. The highest BCUT2D eigenvalue weighted by Gasteiger charge is 2.36. The van der Waals surface area contributed by atoms with Crippen LogP contribution in [0.15, 0.2) is 60.2 Å². The van der Waals surface area contributed by atoms with Crippen LogP contribution >= 0.6 is 11.6 Å². The van der Waals surface area contributed by atoms with Crippen LogP contribution in [0, 0.1) is 15.5 Å². The number of methoxy groups -OCH3 is 1. The van der Waals surface area contributed by atoms with E-state index in [2.05, 4.69) is 9.71 Å². The fourth-order valence-electron chi connectivity index (χ4n) is 2.40. The summed E-state index contributed by atoms with van der Waals surface area (Å²) in [6.07, 6.45) is 0.409. The van der Waals surface area contributed by atoms with Gasteiger partial charge in [0.15, 0.2) is 4.98 Å². The molecule has 0 aliphatic heterocycles. The summed E-state index contributed by atoms with van der Waals surface area (Å²) >= 11 is 5.86. The molecule has 0 fully saturated rings. The van der Waals surface area contributed by atoms with Gasteiger partial charge in [0.2, 0.25) is 5.39 Å². The van der Waals surface area contributed by atoms with Crippen LogP contribution in [0.2, 0.25) is 5.02 Å². The molecule has 0 aliphatic rings.